The Kier molecular flexibility index (Phi) is 3.65. The summed E-state index contributed by atoms with van der Waals surface area (Å²) in [4.78, 5) is 23.1. The predicted octanol–water partition coefficient (Wildman–Crippen LogP) is 0.728. The second-order valence-electron chi connectivity index (χ2n) is 3.37. The number of carbonyl (C=O) groups excluding carboxylic acids is 1. The number of aliphatic carboxylic acids is 1. The van der Waals surface area contributed by atoms with Crippen LogP contribution < -0.4 is 5.32 Å². The van der Waals surface area contributed by atoms with Gasteiger partial charge in [-0.15, -0.1) is 0 Å². The third-order valence-corrected chi connectivity index (χ3v) is 2.10. The summed E-state index contributed by atoms with van der Waals surface area (Å²) in [7, 11) is 0. The van der Waals surface area contributed by atoms with Crippen LogP contribution in [0.1, 0.15) is 13.3 Å². The Morgan fingerprint density at radius 3 is 2.87 bits per heavy atom. The van der Waals surface area contributed by atoms with Crippen molar-refractivity contribution < 1.29 is 19.1 Å². The van der Waals surface area contributed by atoms with Crippen LogP contribution in [-0.4, -0.2) is 41.1 Å². The van der Waals surface area contributed by atoms with Gasteiger partial charge in [-0.05, 0) is 19.4 Å². The monoisotopic (exact) mass is 216 g/mol. The molecular weight excluding hydrogens is 203 g/mol. The molecule has 0 saturated heterocycles. The van der Waals surface area contributed by atoms with Gasteiger partial charge in [0.25, 0.3) is 0 Å². The molecule has 1 heterocycles. The van der Waals surface area contributed by atoms with E-state index in [4.69, 9.17) is 5.11 Å². The highest BCUT2D eigenvalue weighted by Gasteiger charge is 2.21. The van der Waals surface area contributed by atoms with E-state index in [1.807, 2.05) is 0 Å². The van der Waals surface area contributed by atoms with Crippen LogP contribution >= 0.6 is 0 Å². The molecule has 0 fully saturated rings. The Labute approximate surface area is 86.6 Å². The number of nitrogens with one attached hydrogen (secondary N) is 1. The smallest absolute Gasteiger partial charge is 0.325 e. The van der Waals surface area contributed by atoms with Gasteiger partial charge in [0, 0.05) is 6.54 Å². The molecule has 2 N–H and O–H groups in total. The maximum absolute atomic E-state index is 12.8. The van der Waals surface area contributed by atoms with Crippen molar-refractivity contribution in [1.82, 2.24) is 10.2 Å². The van der Waals surface area contributed by atoms with Gasteiger partial charge in [-0.1, -0.05) is 0 Å². The van der Waals surface area contributed by atoms with Crippen LogP contribution in [0, 0.1) is 0 Å². The molecule has 1 atom stereocenters. The van der Waals surface area contributed by atoms with Crippen molar-refractivity contribution in [2.45, 2.75) is 19.4 Å². The van der Waals surface area contributed by atoms with Crippen molar-refractivity contribution in [3.05, 3.63) is 11.9 Å². The molecule has 0 aromatic heterocycles. The molecule has 84 valence electrons. The highest BCUT2D eigenvalue weighted by molar-refractivity contribution is 5.82. The summed E-state index contributed by atoms with van der Waals surface area (Å²) in [6.45, 7) is 1.68. The van der Waals surface area contributed by atoms with E-state index in [-0.39, 0.29) is 12.4 Å². The average molecular weight is 216 g/mol. The summed E-state index contributed by atoms with van der Waals surface area (Å²) in [5, 5.41) is 10.8. The van der Waals surface area contributed by atoms with Crippen molar-refractivity contribution in [2.75, 3.05) is 13.1 Å². The Balaban J connectivity index is 2.47. The minimum atomic E-state index is -1.11. The topological polar surface area (TPSA) is 69.6 Å². The lowest BCUT2D eigenvalue weighted by Crippen LogP contribution is -2.48. The lowest BCUT2D eigenvalue weighted by molar-refractivity contribution is -0.138. The zero-order chi connectivity index (χ0) is 11.4. The number of rotatable bonds is 2. The van der Waals surface area contributed by atoms with Gasteiger partial charge in [0.05, 0.1) is 6.54 Å². The SMILES string of the molecule is C[C@H](NC(=O)N1CCC=C(F)C1)C(=O)O. The van der Waals surface area contributed by atoms with Gasteiger partial charge in [0.2, 0.25) is 0 Å². The number of carbonyl (C=O) groups is 2. The average Bonchev–Trinajstić information content (AvgIpc) is 2.17. The number of hydrogen-bond donors (Lipinski definition) is 2. The maximum atomic E-state index is 12.8. The molecular formula is C9H13FN2O3. The first-order chi connectivity index (χ1) is 7.00. The number of urea groups is 1. The molecule has 1 rings (SSSR count). The first kappa shape index (κ1) is 11.5. The molecule has 2 amide bonds. The molecule has 0 spiro atoms. The van der Waals surface area contributed by atoms with E-state index in [2.05, 4.69) is 5.32 Å². The first-order valence-corrected chi connectivity index (χ1v) is 4.63. The summed E-state index contributed by atoms with van der Waals surface area (Å²) in [6, 6.07) is -1.51. The molecule has 5 nitrogen and oxygen atoms in total. The third-order valence-electron chi connectivity index (χ3n) is 2.10. The Bertz CT molecular complexity index is 304. The van der Waals surface area contributed by atoms with Crippen LogP contribution in [0.25, 0.3) is 0 Å². The van der Waals surface area contributed by atoms with Gasteiger partial charge in [-0.3, -0.25) is 4.79 Å². The Morgan fingerprint density at radius 2 is 2.33 bits per heavy atom. The van der Waals surface area contributed by atoms with E-state index >= 15 is 0 Å². The second kappa shape index (κ2) is 4.77. The van der Waals surface area contributed by atoms with E-state index in [0.717, 1.165) is 0 Å². The fraction of sp³-hybridized carbons (Fsp3) is 0.556. The fourth-order valence-electron chi connectivity index (χ4n) is 1.21. The van der Waals surface area contributed by atoms with Crippen LogP contribution in [0.3, 0.4) is 0 Å². The number of carboxylic acids is 1. The number of halogens is 1. The van der Waals surface area contributed by atoms with Gasteiger partial charge in [-0.2, -0.15) is 0 Å². The minimum Gasteiger partial charge on any atom is -0.480 e. The number of hydrogen-bond acceptors (Lipinski definition) is 2. The maximum Gasteiger partial charge on any atom is 0.325 e. The van der Waals surface area contributed by atoms with E-state index in [9.17, 15) is 14.0 Å². The zero-order valence-electron chi connectivity index (χ0n) is 8.36. The molecule has 0 radical (unpaired) electrons. The van der Waals surface area contributed by atoms with E-state index in [1.165, 1.54) is 17.9 Å². The molecule has 0 bridgehead atoms. The first-order valence-electron chi connectivity index (χ1n) is 4.63. The van der Waals surface area contributed by atoms with Gasteiger partial charge in [-0.25, -0.2) is 9.18 Å². The van der Waals surface area contributed by atoms with Gasteiger partial charge >= 0.3 is 12.0 Å². The summed E-state index contributed by atoms with van der Waals surface area (Å²) in [5.74, 6) is -1.48. The summed E-state index contributed by atoms with van der Waals surface area (Å²) in [5.41, 5.74) is 0. The van der Waals surface area contributed by atoms with Gasteiger partial charge in [0.15, 0.2) is 0 Å². The summed E-state index contributed by atoms with van der Waals surface area (Å²) >= 11 is 0. The molecule has 0 aromatic rings. The van der Waals surface area contributed by atoms with E-state index < -0.39 is 18.0 Å². The van der Waals surface area contributed by atoms with Crippen LogP contribution in [-0.2, 0) is 4.79 Å². The van der Waals surface area contributed by atoms with Crippen LogP contribution in [0.4, 0.5) is 9.18 Å². The zero-order valence-corrected chi connectivity index (χ0v) is 8.36. The quantitative estimate of drug-likeness (QED) is 0.714. The molecule has 0 unspecified atom stereocenters. The van der Waals surface area contributed by atoms with E-state index in [1.54, 1.807) is 0 Å². The van der Waals surface area contributed by atoms with Crippen LogP contribution in [0.2, 0.25) is 0 Å². The lowest BCUT2D eigenvalue weighted by Gasteiger charge is -2.25. The number of nitrogens with zero attached hydrogens (tertiary/aromatic N) is 1. The highest BCUT2D eigenvalue weighted by atomic mass is 19.1. The lowest BCUT2D eigenvalue weighted by atomic mass is 10.2. The standard InChI is InChI=1S/C9H13FN2O3/c1-6(8(13)14)11-9(15)12-4-2-3-7(10)5-12/h3,6H,2,4-5H2,1H3,(H,11,15)(H,13,14)/t6-/m0/s1. The van der Waals surface area contributed by atoms with Gasteiger partial charge in [0.1, 0.15) is 11.9 Å². The Hall–Kier alpha value is -1.59. The highest BCUT2D eigenvalue weighted by Crippen LogP contribution is 2.10. The van der Waals surface area contributed by atoms with E-state index in [0.29, 0.717) is 13.0 Å². The van der Waals surface area contributed by atoms with Crippen molar-refractivity contribution in [3.63, 3.8) is 0 Å². The molecule has 6 heteroatoms. The van der Waals surface area contributed by atoms with Crippen LogP contribution in [0.5, 0.6) is 0 Å². The molecule has 1 aliphatic rings. The second-order valence-corrected chi connectivity index (χ2v) is 3.37. The predicted molar refractivity (Wildman–Crippen MR) is 51.0 cm³/mol. The largest absolute Gasteiger partial charge is 0.480 e. The Morgan fingerprint density at radius 1 is 1.67 bits per heavy atom. The molecule has 15 heavy (non-hydrogen) atoms. The van der Waals surface area contributed by atoms with Gasteiger partial charge < -0.3 is 15.3 Å². The summed E-state index contributed by atoms with van der Waals surface area (Å²) < 4.78 is 12.8. The van der Waals surface area contributed by atoms with Crippen molar-refractivity contribution in [1.29, 1.82) is 0 Å². The van der Waals surface area contributed by atoms with Crippen molar-refractivity contribution >= 4 is 12.0 Å². The molecule has 0 saturated carbocycles. The normalized spacial score (nSPS) is 18.0. The molecule has 0 aliphatic carbocycles. The van der Waals surface area contributed by atoms with Crippen molar-refractivity contribution in [2.24, 2.45) is 0 Å². The van der Waals surface area contributed by atoms with Crippen molar-refractivity contribution in [3.8, 4) is 0 Å². The molecule has 1 aliphatic heterocycles. The number of carboxylic acid groups (broad SMARTS) is 1. The summed E-state index contributed by atoms with van der Waals surface area (Å²) in [6.07, 6.45) is 1.88. The molecule has 0 aromatic carbocycles. The minimum absolute atomic E-state index is 0.0851. The van der Waals surface area contributed by atoms with Crippen LogP contribution in [0.15, 0.2) is 11.9 Å². The third kappa shape index (κ3) is 3.23. The number of amides is 2. The fourth-order valence-corrected chi connectivity index (χ4v) is 1.21.